The minimum atomic E-state index is -0.212. The van der Waals surface area contributed by atoms with Gasteiger partial charge in [-0.05, 0) is 53.6 Å². The summed E-state index contributed by atoms with van der Waals surface area (Å²) in [6.45, 7) is 4.42. The second kappa shape index (κ2) is 14.5. The second-order valence-corrected chi connectivity index (χ2v) is 13.4. The van der Waals surface area contributed by atoms with Crippen molar-refractivity contribution >= 4 is 33.0 Å². The number of hydrogen-bond donors (Lipinski definition) is 0. The van der Waals surface area contributed by atoms with Crippen LogP contribution in [0.1, 0.15) is 49.5 Å². The number of aromatic nitrogens is 5. The summed E-state index contributed by atoms with van der Waals surface area (Å²) in [7, 11) is 0. The first kappa shape index (κ1) is 32.9. The maximum absolute atomic E-state index is 5.13. The van der Waals surface area contributed by atoms with Gasteiger partial charge in [0.1, 0.15) is 0 Å². The third-order valence-electron chi connectivity index (χ3n) is 9.80. The zero-order valence-corrected chi connectivity index (χ0v) is 29.4. The van der Waals surface area contributed by atoms with Crippen LogP contribution >= 0.6 is 0 Å². The fourth-order valence-electron chi connectivity index (χ4n) is 6.97. The van der Waals surface area contributed by atoms with E-state index in [1.54, 1.807) is 0 Å². The number of para-hydroxylation sites is 2. The summed E-state index contributed by atoms with van der Waals surface area (Å²) in [4.78, 5) is 24.7. The molecule has 0 aliphatic heterocycles. The van der Waals surface area contributed by atoms with Gasteiger partial charge in [-0.1, -0.05) is 153 Å². The van der Waals surface area contributed by atoms with Crippen molar-refractivity contribution < 1.29 is 0 Å². The quantitative estimate of drug-likeness (QED) is 0.143. The van der Waals surface area contributed by atoms with E-state index in [-0.39, 0.29) is 5.41 Å². The van der Waals surface area contributed by atoms with Gasteiger partial charge in [0.15, 0.2) is 17.5 Å². The average molecular weight is 674 g/mol. The topological polar surface area (TPSA) is 64.5 Å². The van der Waals surface area contributed by atoms with Crippen LogP contribution in [0, 0.1) is 0 Å². The van der Waals surface area contributed by atoms with Crippen molar-refractivity contribution in [3.8, 4) is 22.5 Å². The number of pyridine rings is 2. The van der Waals surface area contributed by atoms with E-state index in [0.29, 0.717) is 17.5 Å². The Morgan fingerprint density at radius 1 is 0.673 bits per heavy atom. The van der Waals surface area contributed by atoms with Gasteiger partial charge in [0.05, 0.1) is 11.0 Å². The highest BCUT2D eigenvalue weighted by molar-refractivity contribution is 5.84. The zero-order chi connectivity index (χ0) is 35.3. The summed E-state index contributed by atoms with van der Waals surface area (Å²) in [5.74, 6) is 1.96. The standard InChI is InChI=1S/C47H39N5/c1-3-12-38(19-8-17-35-15-7-16-36-20-10-31-48-42(35)36)44-50-45(39-25-23-34(24-26-39)33-13-5-4-6-14-33)52-46(51-44)40-27-29-47(2,30-28-40)41-22-9-18-37-21-11-32-49-43(37)41/h4-16,18-29,31-32H,3,17,30H2,1-2H3/b19-8-,38-12+. The maximum Gasteiger partial charge on any atom is 0.164 e. The van der Waals surface area contributed by atoms with Gasteiger partial charge in [-0.2, -0.15) is 0 Å². The van der Waals surface area contributed by atoms with E-state index in [1.807, 2.05) is 30.6 Å². The van der Waals surface area contributed by atoms with Crippen LogP contribution in [0.3, 0.4) is 0 Å². The average Bonchev–Trinajstić information content (AvgIpc) is 3.21. The summed E-state index contributed by atoms with van der Waals surface area (Å²) in [6.07, 6.45) is 19.3. The predicted octanol–water partition coefficient (Wildman–Crippen LogP) is 11.2. The molecule has 4 aromatic carbocycles. The number of nitrogens with zero attached hydrogens (tertiary/aromatic N) is 5. The molecule has 1 atom stereocenters. The molecule has 1 aliphatic carbocycles. The molecule has 0 N–H and O–H groups in total. The molecular weight excluding hydrogens is 635 g/mol. The van der Waals surface area contributed by atoms with Crippen molar-refractivity contribution in [2.75, 3.05) is 0 Å². The molecule has 0 bridgehead atoms. The van der Waals surface area contributed by atoms with E-state index in [2.05, 4.69) is 152 Å². The minimum absolute atomic E-state index is 0.212. The number of benzene rings is 4. The minimum Gasteiger partial charge on any atom is -0.256 e. The molecule has 8 rings (SSSR count). The predicted molar refractivity (Wildman–Crippen MR) is 214 cm³/mol. The molecule has 3 heterocycles. The van der Waals surface area contributed by atoms with Crippen molar-refractivity contribution in [3.05, 3.63) is 187 Å². The molecule has 5 heteroatoms. The van der Waals surface area contributed by atoms with Crippen LogP contribution in [0.25, 0.3) is 55.5 Å². The van der Waals surface area contributed by atoms with Gasteiger partial charge in [0.2, 0.25) is 0 Å². The number of allylic oxidation sites excluding steroid dienone is 8. The summed E-state index contributed by atoms with van der Waals surface area (Å²) in [5.41, 5.74) is 9.47. The Labute approximate surface area is 304 Å². The van der Waals surface area contributed by atoms with Gasteiger partial charge < -0.3 is 0 Å². The fourth-order valence-corrected chi connectivity index (χ4v) is 6.97. The normalized spacial score (nSPS) is 16.1. The van der Waals surface area contributed by atoms with Gasteiger partial charge in [-0.25, -0.2) is 15.0 Å². The first-order valence-corrected chi connectivity index (χ1v) is 17.9. The summed E-state index contributed by atoms with van der Waals surface area (Å²) < 4.78 is 0. The highest BCUT2D eigenvalue weighted by Gasteiger charge is 2.28. The molecule has 3 aromatic heterocycles. The molecular formula is C47H39N5. The Balaban J connectivity index is 1.16. The molecule has 7 aromatic rings. The molecule has 1 unspecified atom stereocenters. The Morgan fingerprint density at radius 2 is 1.35 bits per heavy atom. The van der Waals surface area contributed by atoms with Gasteiger partial charge >= 0.3 is 0 Å². The van der Waals surface area contributed by atoms with Crippen molar-refractivity contribution in [3.63, 3.8) is 0 Å². The van der Waals surface area contributed by atoms with Crippen LogP contribution in [-0.2, 0) is 11.8 Å². The molecule has 0 saturated carbocycles. The highest BCUT2D eigenvalue weighted by atomic mass is 15.0. The van der Waals surface area contributed by atoms with Gasteiger partial charge in [-0.15, -0.1) is 0 Å². The van der Waals surface area contributed by atoms with Crippen LogP contribution in [0.5, 0.6) is 0 Å². The van der Waals surface area contributed by atoms with E-state index >= 15 is 0 Å². The van der Waals surface area contributed by atoms with Crippen LogP contribution < -0.4 is 0 Å². The fraction of sp³-hybridized carbons (Fsp3) is 0.128. The lowest BCUT2D eigenvalue weighted by molar-refractivity contribution is 0.605. The molecule has 0 amide bonds. The Bertz CT molecular complexity index is 2500. The lowest BCUT2D eigenvalue weighted by Crippen LogP contribution is -2.21. The molecule has 0 radical (unpaired) electrons. The first-order valence-electron chi connectivity index (χ1n) is 17.9. The summed E-state index contributed by atoms with van der Waals surface area (Å²) in [6, 6.07) is 39.9. The zero-order valence-electron chi connectivity index (χ0n) is 29.4. The largest absolute Gasteiger partial charge is 0.256 e. The lowest BCUT2D eigenvalue weighted by Gasteiger charge is -2.29. The van der Waals surface area contributed by atoms with E-state index in [4.69, 9.17) is 19.9 Å². The van der Waals surface area contributed by atoms with E-state index in [1.165, 1.54) is 16.7 Å². The molecule has 52 heavy (non-hydrogen) atoms. The van der Waals surface area contributed by atoms with Crippen LogP contribution in [0.15, 0.2) is 164 Å². The highest BCUT2D eigenvalue weighted by Crippen LogP contribution is 2.38. The van der Waals surface area contributed by atoms with Crippen LogP contribution in [0.4, 0.5) is 0 Å². The Morgan fingerprint density at radius 3 is 2.10 bits per heavy atom. The van der Waals surface area contributed by atoms with Crippen molar-refractivity contribution in [1.29, 1.82) is 0 Å². The third kappa shape index (κ3) is 6.73. The van der Waals surface area contributed by atoms with E-state index in [0.717, 1.165) is 63.3 Å². The van der Waals surface area contributed by atoms with Crippen LogP contribution in [-0.4, -0.2) is 24.9 Å². The summed E-state index contributed by atoms with van der Waals surface area (Å²) >= 11 is 0. The SMILES string of the molecule is CC/C=C(\C=C/Cc1cccc2cccnc12)c1nc(C2=CCC(C)(c3cccc4cccnc34)C=C2)nc(-c2ccc(-c3ccccc3)cc2)n1. The Hall–Kier alpha value is -6.33. The van der Waals surface area contributed by atoms with E-state index in [9.17, 15) is 0 Å². The van der Waals surface area contributed by atoms with Crippen LogP contribution in [0.2, 0.25) is 0 Å². The summed E-state index contributed by atoms with van der Waals surface area (Å²) in [5, 5.41) is 2.29. The van der Waals surface area contributed by atoms with Gasteiger partial charge in [-0.3, -0.25) is 9.97 Å². The number of fused-ring (bicyclic) bond motifs is 2. The molecule has 0 fully saturated rings. The van der Waals surface area contributed by atoms with Crippen molar-refractivity contribution in [2.24, 2.45) is 0 Å². The molecule has 252 valence electrons. The van der Waals surface area contributed by atoms with E-state index < -0.39 is 0 Å². The van der Waals surface area contributed by atoms with Gasteiger partial charge in [0, 0.05) is 45.3 Å². The third-order valence-corrected chi connectivity index (χ3v) is 9.80. The molecule has 0 spiro atoms. The molecule has 5 nitrogen and oxygen atoms in total. The monoisotopic (exact) mass is 673 g/mol. The number of hydrogen-bond acceptors (Lipinski definition) is 5. The molecule has 0 saturated heterocycles. The second-order valence-electron chi connectivity index (χ2n) is 13.4. The van der Waals surface area contributed by atoms with Crippen molar-refractivity contribution in [2.45, 2.75) is 38.5 Å². The number of rotatable bonds is 9. The molecule has 1 aliphatic rings. The maximum atomic E-state index is 5.13. The van der Waals surface area contributed by atoms with Crippen molar-refractivity contribution in [1.82, 2.24) is 24.9 Å². The smallest absolute Gasteiger partial charge is 0.164 e. The first-order chi connectivity index (χ1) is 25.6. The lowest BCUT2D eigenvalue weighted by atomic mass is 9.75. The van der Waals surface area contributed by atoms with Gasteiger partial charge in [0.25, 0.3) is 0 Å². The Kier molecular flexibility index (Phi) is 9.16.